The lowest BCUT2D eigenvalue weighted by Crippen LogP contribution is -2.60. The second kappa shape index (κ2) is 10.0. The number of carbonyl (C=O) groups is 3. The minimum Gasteiger partial charge on any atom is -0.378 e. The molecule has 0 aromatic heterocycles. The fourth-order valence-corrected chi connectivity index (χ4v) is 5.49. The van der Waals surface area contributed by atoms with Gasteiger partial charge in [0.25, 0.3) is 11.8 Å². The number of hydrogen-bond donors (Lipinski definition) is 0. The molecule has 3 fully saturated rings. The maximum Gasteiger partial charge on any atom is 0.256 e. The van der Waals surface area contributed by atoms with Crippen molar-refractivity contribution in [3.63, 3.8) is 0 Å². The second-order valence-electron chi connectivity index (χ2n) is 9.92. The summed E-state index contributed by atoms with van der Waals surface area (Å²) < 4.78 is 11.7. The Balaban J connectivity index is 1.40. The van der Waals surface area contributed by atoms with E-state index >= 15 is 0 Å². The van der Waals surface area contributed by atoms with Crippen LogP contribution in [0, 0.1) is 13.8 Å². The molecule has 0 N–H and O–H groups in total. The molecule has 3 amide bonds. The van der Waals surface area contributed by atoms with E-state index in [9.17, 15) is 14.4 Å². The molecule has 0 bridgehead atoms. The fourth-order valence-electron chi connectivity index (χ4n) is 5.49. The number of aryl methyl sites for hydroxylation is 2. The van der Waals surface area contributed by atoms with Crippen LogP contribution in [0.15, 0.2) is 48.5 Å². The molecule has 36 heavy (non-hydrogen) atoms. The van der Waals surface area contributed by atoms with E-state index in [4.69, 9.17) is 9.47 Å². The number of carbonyl (C=O) groups excluding carboxylic acids is 3. The smallest absolute Gasteiger partial charge is 0.256 e. The maximum atomic E-state index is 13.9. The van der Waals surface area contributed by atoms with Gasteiger partial charge in [-0.15, -0.1) is 0 Å². The average molecular weight is 492 g/mol. The van der Waals surface area contributed by atoms with Crippen molar-refractivity contribution in [3.8, 4) is 0 Å². The monoisotopic (exact) mass is 491 g/mol. The first-order valence-corrected chi connectivity index (χ1v) is 12.6. The van der Waals surface area contributed by atoms with Crippen LogP contribution in [0.2, 0.25) is 0 Å². The van der Waals surface area contributed by atoms with E-state index < -0.39 is 11.8 Å². The Morgan fingerprint density at radius 3 is 1.97 bits per heavy atom. The SMILES string of the molecule is Cc1cccc(C(=O)N2CCC3(CC2)OC[C@H](C(=O)N2CCOCC2)N3C(=O)c2cccc(C)c2)c1. The lowest BCUT2D eigenvalue weighted by molar-refractivity contribution is -0.141. The number of rotatable bonds is 3. The third-order valence-corrected chi connectivity index (χ3v) is 7.45. The van der Waals surface area contributed by atoms with Crippen LogP contribution in [-0.4, -0.2) is 90.2 Å². The third kappa shape index (κ3) is 4.63. The van der Waals surface area contributed by atoms with Crippen molar-refractivity contribution in [1.29, 1.82) is 0 Å². The van der Waals surface area contributed by atoms with Crippen molar-refractivity contribution < 1.29 is 23.9 Å². The number of benzene rings is 2. The Morgan fingerprint density at radius 2 is 1.39 bits per heavy atom. The molecule has 8 nitrogen and oxygen atoms in total. The normalized spacial score (nSPS) is 21.6. The van der Waals surface area contributed by atoms with E-state index in [-0.39, 0.29) is 24.3 Å². The molecule has 0 aliphatic carbocycles. The lowest BCUT2D eigenvalue weighted by Gasteiger charge is -2.45. The van der Waals surface area contributed by atoms with Gasteiger partial charge in [0.05, 0.1) is 19.8 Å². The maximum absolute atomic E-state index is 13.9. The van der Waals surface area contributed by atoms with Crippen molar-refractivity contribution in [2.45, 2.75) is 38.5 Å². The topological polar surface area (TPSA) is 79.4 Å². The minimum atomic E-state index is -0.920. The van der Waals surface area contributed by atoms with Gasteiger partial charge in [-0.2, -0.15) is 0 Å². The molecule has 8 heteroatoms. The first-order chi connectivity index (χ1) is 17.4. The van der Waals surface area contributed by atoms with E-state index in [1.165, 1.54) is 0 Å². The highest BCUT2D eigenvalue weighted by atomic mass is 16.5. The van der Waals surface area contributed by atoms with Gasteiger partial charge in [-0.05, 0) is 38.1 Å². The fraction of sp³-hybridized carbons (Fsp3) is 0.464. The lowest BCUT2D eigenvalue weighted by atomic mass is 9.95. The Morgan fingerprint density at radius 1 is 0.806 bits per heavy atom. The molecular formula is C28H33N3O5. The molecule has 0 unspecified atom stereocenters. The van der Waals surface area contributed by atoms with Gasteiger partial charge in [0.2, 0.25) is 5.91 Å². The molecule has 0 saturated carbocycles. The van der Waals surface area contributed by atoms with Crippen molar-refractivity contribution in [2.75, 3.05) is 46.0 Å². The molecular weight excluding hydrogens is 458 g/mol. The molecule has 5 rings (SSSR count). The van der Waals surface area contributed by atoms with Gasteiger partial charge >= 0.3 is 0 Å². The van der Waals surface area contributed by atoms with Gasteiger partial charge in [0.1, 0.15) is 11.8 Å². The number of hydrogen-bond acceptors (Lipinski definition) is 5. The average Bonchev–Trinajstić information content (AvgIpc) is 3.26. The van der Waals surface area contributed by atoms with Gasteiger partial charge < -0.3 is 19.3 Å². The standard InChI is InChI=1S/C28H33N3O5/c1-20-5-3-7-22(17-20)25(32)29-11-9-28(10-12-29)31(26(33)23-8-4-6-21(2)18-23)24(19-36-28)27(34)30-13-15-35-16-14-30/h3-8,17-18,24H,9-16,19H2,1-2H3/t24-/m1/s1. The molecule has 1 spiro atoms. The first kappa shape index (κ1) is 24.5. The minimum absolute atomic E-state index is 0.0240. The predicted molar refractivity (Wildman–Crippen MR) is 134 cm³/mol. The van der Waals surface area contributed by atoms with Crippen molar-refractivity contribution in [2.24, 2.45) is 0 Å². The van der Waals surface area contributed by atoms with Crippen molar-refractivity contribution >= 4 is 17.7 Å². The Bertz CT molecular complexity index is 1150. The summed E-state index contributed by atoms with van der Waals surface area (Å²) in [7, 11) is 0. The summed E-state index contributed by atoms with van der Waals surface area (Å²) >= 11 is 0. The van der Waals surface area contributed by atoms with Crippen LogP contribution in [0.25, 0.3) is 0 Å². The van der Waals surface area contributed by atoms with Crippen molar-refractivity contribution in [3.05, 3.63) is 70.8 Å². The highest BCUT2D eigenvalue weighted by molar-refractivity contribution is 5.99. The molecule has 2 aromatic carbocycles. The van der Waals surface area contributed by atoms with Crippen LogP contribution in [0.4, 0.5) is 0 Å². The van der Waals surface area contributed by atoms with E-state index in [1.54, 1.807) is 15.9 Å². The summed E-state index contributed by atoms with van der Waals surface area (Å²) in [6, 6.07) is 14.3. The van der Waals surface area contributed by atoms with Gasteiger partial charge in [-0.1, -0.05) is 35.4 Å². The van der Waals surface area contributed by atoms with Crippen LogP contribution in [0.5, 0.6) is 0 Å². The van der Waals surface area contributed by atoms with Crippen LogP contribution in [0.3, 0.4) is 0 Å². The molecule has 3 aliphatic heterocycles. The number of ether oxygens (including phenoxy) is 2. The quantitative estimate of drug-likeness (QED) is 0.660. The van der Waals surface area contributed by atoms with E-state index in [0.717, 1.165) is 11.1 Å². The number of amides is 3. The van der Waals surface area contributed by atoms with Gasteiger partial charge in [-0.3, -0.25) is 19.3 Å². The van der Waals surface area contributed by atoms with Crippen LogP contribution >= 0.6 is 0 Å². The molecule has 0 radical (unpaired) electrons. The van der Waals surface area contributed by atoms with Gasteiger partial charge in [0, 0.05) is 50.1 Å². The summed E-state index contributed by atoms with van der Waals surface area (Å²) in [6.07, 6.45) is 0.907. The summed E-state index contributed by atoms with van der Waals surface area (Å²) in [5.74, 6) is -0.334. The number of piperidine rings is 1. The molecule has 190 valence electrons. The zero-order chi connectivity index (χ0) is 25.3. The highest BCUT2D eigenvalue weighted by Crippen LogP contribution is 2.39. The predicted octanol–water partition coefficient (Wildman–Crippen LogP) is 2.64. The molecule has 2 aromatic rings. The van der Waals surface area contributed by atoms with Crippen LogP contribution < -0.4 is 0 Å². The number of nitrogens with zero attached hydrogens (tertiary/aromatic N) is 3. The highest BCUT2D eigenvalue weighted by Gasteiger charge is 2.55. The third-order valence-electron chi connectivity index (χ3n) is 7.45. The zero-order valence-electron chi connectivity index (χ0n) is 20.9. The van der Waals surface area contributed by atoms with E-state index in [1.807, 2.05) is 61.2 Å². The van der Waals surface area contributed by atoms with Crippen LogP contribution in [-0.2, 0) is 14.3 Å². The molecule has 3 heterocycles. The summed E-state index contributed by atoms with van der Waals surface area (Å²) in [5, 5.41) is 0. The molecule has 3 aliphatic rings. The molecule has 3 saturated heterocycles. The number of morpholine rings is 1. The Hall–Kier alpha value is -3.23. The summed E-state index contributed by atoms with van der Waals surface area (Å²) in [6.45, 7) is 6.96. The van der Waals surface area contributed by atoms with E-state index in [0.29, 0.717) is 63.4 Å². The Kier molecular flexibility index (Phi) is 6.81. The second-order valence-corrected chi connectivity index (χ2v) is 9.92. The summed E-state index contributed by atoms with van der Waals surface area (Å²) in [4.78, 5) is 45.9. The van der Waals surface area contributed by atoms with E-state index in [2.05, 4.69) is 0 Å². The summed E-state index contributed by atoms with van der Waals surface area (Å²) in [5.41, 5.74) is 2.29. The van der Waals surface area contributed by atoms with Gasteiger partial charge in [-0.25, -0.2) is 0 Å². The van der Waals surface area contributed by atoms with Crippen molar-refractivity contribution in [1.82, 2.24) is 14.7 Å². The first-order valence-electron chi connectivity index (χ1n) is 12.6. The largest absolute Gasteiger partial charge is 0.378 e. The van der Waals surface area contributed by atoms with Gasteiger partial charge in [0.15, 0.2) is 0 Å². The molecule has 1 atom stereocenters. The van der Waals surface area contributed by atoms with Crippen LogP contribution in [0.1, 0.15) is 44.7 Å². The Labute approximate surface area is 211 Å². The number of likely N-dealkylation sites (tertiary alicyclic amines) is 1. The zero-order valence-corrected chi connectivity index (χ0v) is 20.9.